The van der Waals surface area contributed by atoms with E-state index in [0.717, 1.165) is 30.5 Å². The van der Waals surface area contributed by atoms with Gasteiger partial charge in [-0.2, -0.15) is 0 Å². The van der Waals surface area contributed by atoms with E-state index in [1.165, 1.54) is 19.2 Å². The molecule has 8 heteroatoms. The molecule has 2 amide bonds. The fourth-order valence-corrected chi connectivity index (χ4v) is 3.08. The summed E-state index contributed by atoms with van der Waals surface area (Å²) in [5.74, 6) is 0.0833. The molecule has 3 rings (SSSR count). The maximum atomic E-state index is 12.8. The van der Waals surface area contributed by atoms with Crippen molar-refractivity contribution < 1.29 is 19.2 Å². The fraction of sp³-hybridized carbons (Fsp3) is 0.316. The quantitative estimate of drug-likeness (QED) is 0.488. The van der Waals surface area contributed by atoms with Crippen LogP contribution in [0.4, 0.5) is 21.9 Å². The van der Waals surface area contributed by atoms with Gasteiger partial charge in [0.15, 0.2) is 12.5 Å². The van der Waals surface area contributed by atoms with Crippen molar-refractivity contribution in [2.75, 3.05) is 30.7 Å². The molecule has 0 radical (unpaired) electrons. The Kier molecular flexibility index (Phi) is 5.87. The first-order chi connectivity index (χ1) is 13.1. The van der Waals surface area contributed by atoms with Gasteiger partial charge in [-0.25, -0.2) is 4.79 Å². The van der Waals surface area contributed by atoms with E-state index in [1.54, 1.807) is 11.0 Å². The molecule has 1 N–H and O–H groups in total. The summed E-state index contributed by atoms with van der Waals surface area (Å²) < 4.78 is 9.98. The first kappa shape index (κ1) is 18.7. The molecule has 1 aliphatic rings. The monoisotopic (exact) mass is 371 g/mol. The van der Waals surface area contributed by atoms with Crippen molar-refractivity contribution in [3.63, 3.8) is 0 Å². The van der Waals surface area contributed by atoms with Crippen molar-refractivity contribution in [1.82, 2.24) is 0 Å². The number of hydrogen-bond acceptors (Lipinski definition) is 5. The lowest BCUT2D eigenvalue weighted by Crippen LogP contribution is -2.35. The Labute approximate surface area is 156 Å². The average Bonchev–Trinajstić information content (AvgIpc) is 2.89. The third-order valence-electron chi connectivity index (χ3n) is 4.34. The van der Waals surface area contributed by atoms with E-state index in [0.29, 0.717) is 12.2 Å². The van der Waals surface area contributed by atoms with E-state index < -0.39 is 4.92 Å². The molecule has 2 aromatic carbocycles. The lowest BCUT2D eigenvalue weighted by molar-refractivity contribution is -0.386. The summed E-state index contributed by atoms with van der Waals surface area (Å²) in [6, 6.07) is 11.8. The molecule has 0 saturated heterocycles. The van der Waals surface area contributed by atoms with E-state index in [4.69, 9.17) is 9.47 Å². The van der Waals surface area contributed by atoms with Crippen LogP contribution in [0, 0.1) is 10.1 Å². The zero-order valence-corrected chi connectivity index (χ0v) is 15.0. The number of nitrogens with zero attached hydrogens (tertiary/aromatic N) is 2. The third kappa shape index (κ3) is 4.35. The summed E-state index contributed by atoms with van der Waals surface area (Å²) >= 11 is 0. The number of nitro groups is 1. The summed E-state index contributed by atoms with van der Waals surface area (Å²) in [5, 5.41) is 14.0. The van der Waals surface area contributed by atoms with E-state index in [1.807, 2.05) is 24.3 Å². The molecule has 0 atom stereocenters. The molecular weight excluding hydrogens is 350 g/mol. The van der Waals surface area contributed by atoms with Gasteiger partial charge in [0.25, 0.3) is 0 Å². The number of hydrogen-bond donors (Lipinski definition) is 1. The van der Waals surface area contributed by atoms with Crippen LogP contribution in [0.5, 0.6) is 5.75 Å². The second-order valence-electron chi connectivity index (χ2n) is 6.16. The average molecular weight is 371 g/mol. The largest absolute Gasteiger partial charge is 0.460 e. The lowest BCUT2D eigenvalue weighted by Gasteiger charge is -2.23. The highest BCUT2D eigenvalue weighted by Crippen LogP contribution is 2.31. The van der Waals surface area contributed by atoms with Crippen molar-refractivity contribution in [2.24, 2.45) is 0 Å². The van der Waals surface area contributed by atoms with Crippen LogP contribution in [0.15, 0.2) is 42.5 Å². The van der Waals surface area contributed by atoms with E-state index in [-0.39, 0.29) is 24.3 Å². The Bertz CT molecular complexity index is 840. The van der Waals surface area contributed by atoms with Gasteiger partial charge in [-0.05, 0) is 43.0 Å². The minimum atomic E-state index is -0.554. The molecule has 1 aliphatic heterocycles. The number of ether oxygens (including phenoxy) is 2. The van der Waals surface area contributed by atoms with Crippen LogP contribution < -0.4 is 15.0 Å². The maximum Gasteiger partial charge on any atom is 0.326 e. The Balaban J connectivity index is 1.81. The van der Waals surface area contributed by atoms with Crippen LogP contribution in [-0.2, 0) is 11.2 Å². The van der Waals surface area contributed by atoms with Crippen LogP contribution in [0.2, 0.25) is 0 Å². The molecule has 142 valence electrons. The van der Waals surface area contributed by atoms with E-state index in [2.05, 4.69) is 5.32 Å². The highest BCUT2D eigenvalue weighted by molar-refractivity contribution is 6.02. The molecule has 0 saturated carbocycles. The molecule has 2 aromatic rings. The summed E-state index contributed by atoms with van der Waals surface area (Å²) in [6.07, 6.45) is 2.83. The topological polar surface area (TPSA) is 93.9 Å². The van der Waals surface area contributed by atoms with Crippen LogP contribution >= 0.6 is 0 Å². The zero-order chi connectivity index (χ0) is 19.2. The standard InChI is InChI=1S/C19H21N3O5/c1-26-13-27-18-10-9-15(12-17(18)22(24)25)20-19(23)21-11-5-4-7-14-6-2-3-8-16(14)21/h2-3,6,8-10,12H,4-5,7,11,13H2,1H3,(H,20,23). The Hall–Kier alpha value is -3.13. The normalized spacial score (nSPS) is 13.4. The maximum absolute atomic E-state index is 12.8. The van der Waals surface area contributed by atoms with Gasteiger partial charge < -0.3 is 14.8 Å². The highest BCUT2D eigenvalue weighted by Gasteiger charge is 2.22. The number of carbonyl (C=O) groups excluding carboxylic acids is 1. The first-order valence-electron chi connectivity index (χ1n) is 8.66. The molecule has 0 spiro atoms. The van der Waals surface area contributed by atoms with Crippen LogP contribution in [0.25, 0.3) is 0 Å². The Morgan fingerprint density at radius 2 is 2.07 bits per heavy atom. The number of nitro benzene ring substituents is 1. The molecule has 8 nitrogen and oxygen atoms in total. The number of methoxy groups -OCH3 is 1. The highest BCUT2D eigenvalue weighted by atomic mass is 16.7. The van der Waals surface area contributed by atoms with Crippen molar-refractivity contribution in [2.45, 2.75) is 19.3 Å². The number of aryl methyl sites for hydroxylation is 1. The number of amides is 2. The zero-order valence-electron chi connectivity index (χ0n) is 15.0. The number of anilines is 2. The number of fused-ring (bicyclic) bond motifs is 1. The van der Waals surface area contributed by atoms with Crippen LogP contribution in [0.1, 0.15) is 18.4 Å². The van der Waals surface area contributed by atoms with Gasteiger partial charge in [0.05, 0.1) is 4.92 Å². The second-order valence-corrected chi connectivity index (χ2v) is 6.16. The number of rotatable bonds is 5. The fourth-order valence-electron chi connectivity index (χ4n) is 3.08. The summed E-state index contributed by atoms with van der Waals surface area (Å²) in [7, 11) is 1.43. The molecule has 27 heavy (non-hydrogen) atoms. The van der Waals surface area contributed by atoms with Crippen molar-refractivity contribution in [1.29, 1.82) is 0 Å². The molecule has 1 heterocycles. The second kappa shape index (κ2) is 8.50. The van der Waals surface area contributed by atoms with Crippen molar-refractivity contribution in [3.8, 4) is 5.75 Å². The summed E-state index contributed by atoms with van der Waals surface area (Å²) in [5.41, 5.74) is 2.10. The number of nitrogens with one attached hydrogen (secondary N) is 1. The Morgan fingerprint density at radius 1 is 1.26 bits per heavy atom. The Morgan fingerprint density at radius 3 is 2.85 bits per heavy atom. The van der Waals surface area contributed by atoms with Crippen molar-refractivity contribution >= 4 is 23.1 Å². The lowest BCUT2D eigenvalue weighted by atomic mass is 10.1. The van der Waals surface area contributed by atoms with Gasteiger partial charge in [0.2, 0.25) is 0 Å². The van der Waals surface area contributed by atoms with Gasteiger partial charge in [0, 0.05) is 31.1 Å². The van der Waals surface area contributed by atoms with E-state index in [9.17, 15) is 14.9 Å². The van der Waals surface area contributed by atoms with Gasteiger partial charge in [-0.3, -0.25) is 15.0 Å². The molecule has 0 aromatic heterocycles. The van der Waals surface area contributed by atoms with Gasteiger partial charge in [-0.15, -0.1) is 0 Å². The molecule has 0 fully saturated rings. The number of carbonyl (C=O) groups is 1. The molecule has 0 aliphatic carbocycles. The summed E-state index contributed by atoms with van der Waals surface area (Å²) in [6.45, 7) is 0.497. The minimum absolute atomic E-state index is 0.0833. The smallest absolute Gasteiger partial charge is 0.326 e. The number of urea groups is 1. The number of benzene rings is 2. The van der Waals surface area contributed by atoms with Crippen LogP contribution in [0.3, 0.4) is 0 Å². The van der Waals surface area contributed by atoms with Gasteiger partial charge >= 0.3 is 11.7 Å². The predicted molar refractivity (Wildman–Crippen MR) is 101 cm³/mol. The molecule has 0 bridgehead atoms. The number of para-hydroxylation sites is 1. The third-order valence-corrected chi connectivity index (χ3v) is 4.34. The SMILES string of the molecule is COCOc1ccc(NC(=O)N2CCCCc3ccccc32)cc1[N+](=O)[O-]. The predicted octanol–water partition coefficient (Wildman–Crippen LogP) is 3.95. The summed E-state index contributed by atoms with van der Waals surface area (Å²) in [4.78, 5) is 25.2. The molecule has 0 unspecified atom stereocenters. The first-order valence-corrected chi connectivity index (χ1v) is 8.66. The van der Waals surface area contributed by atoms with Crippen molar-refractivity contribution in [3.05, 3.63) is 58.1 Å². The van der Waals surface area contributed by atoms with Gasteiger partial charge in [0.1, 0.15) is 0 Å². The molecular formula is C19H21N3O5. The van der Waals surface area contributed by atoms with E-state index >= 15 is 0 Å². The minimum Gasteiger partial charge on any atom is -0.460 e. The van der Waals surface area contributed by atoms with Crippen LogP contribution in [-0.4, -0.2) is 31.4 Å². The van der Waals surface area contributed by atoms with Gasteiger partial charge in [-0.1, -0.05) is 18.2 Å².